The van der Waals surface area contributed by atoms with E-state index >= 15 is 0 Å². The van der Waals surface area contributed by atoms with Crippen LogP contribution in [0.1, 0.15) is 12.6 Å². The Labute approximate surface area is 158 Å². The molecule has 0 aromatic carbocycles. The second-order valence-electron chi connectivity index (χ2n) is 6.69. The summed E-state index contributed by atoms with van der Waals surface area (Å²) in [5.41, 5.74) is 7.18. The lowest BCUT2D eigenvalue weighted by Crippen LogP contribution is -2.25. The molecule has 3 rings (SSSR count). The minimum absolute atomic E-state index is 0.0696. The van der Waals surface area contributed by atoms with Gasteiger partial charge in [0.1, 0.15) is 17.2 Å². The van der Waals surface area contributed by atoms with Crippen LogP contribution in [0.4, 0.5) is 0 Å². The van der Waals surface area contributed by atoms with Crippen LogP contribution in [0, 0.1) is 5.41 Å². The van der Waals surface area contributed by atoms with Crippen LogP contribution in [-0.2, 0) is 4.79 Å². The average Bonchev–Trinajstić information content (AvgIpc) is 3.26. The molecule has 1 atom stereocenters. The fourth-order valence-electron chi connectivity index (χ4n) is 2.96. The third-order valence-electron chi connectivity index (χ3n) is 4.52. The highest BCUT2D eigenvalue weighted by atomic mass is 16.2. The second kappa shape index (κ2) is 7.14. The molecular weight excluding hydrogens is 342 g/mol. The summed E-state index contributed by atoms with van der Waals surface area (Å²) in [5.74, 6) is 0.493. The molecule has 2 aliphatic rings. The van der Waals surface area contributed by atoms with Gasteiger partial charge in [0.05, 0.1) is 29.9 Å². The summed E-state index contributed by atoms with van der Waals surface area (Å²) in [6, 6.07) is 5.48. The first-order valence-corrected chi connectivity index (χ1v) is 8.60. The Morgan fingerprint density at radius 3 is 2.81 bits per heavy atom. The van der Waals surface area contributed by atoms with E-state index in [4.69, 9.17) is 11.1 Å². The summed E-state index contributed by atoms with van der Waals surface area (Å²) in [7, 11) is 3.42. The van der Waals surface area contributed by atoms with E-state index in [-0.39, 0.29) is 17.3 Å². The van der Waals surface area contributed by atoms with Gasteiger partial charge >= 0.3 is 0 Å². The average molecular weight is 365 g/mol. The molecule has 140 valence electrons. The lowest BCUT2D eigenvalue weighted by atomic mass is 10.1. The summed E-state index contributed by atoms with van der Waals surface area (Å²) in [4.78, 5) is 28.8. The number of carbonyl (C=O) groups excluding carboxylic acids is 1. The van der Waals surface area contributed by atoms with Crippen molar-refractivity contribution >= 4 is 29.7 Å². The number of amides is 1. The van der Waals surface area contributed by atoms with Gasteiger partial charge in [-0.1, -0.05) is 12.1 Å². The number of allylic oxidation sites excluding steroid dienone is 1. The van der Waals surface area contributed by atoms with Crippen molar-refractivity contribution < 1.29 is 4.79 Å². The van der Waals surface area contributed by atoms with Gasteiger partial charge in [-0.3, -0.25) is 20.2 Å². The molecule has 1 fully saturated rings. The van der Waals surface area contributed by atoms with Gasteiger partial charge in [-0.2, -0.15) is 0 Å². The molecule has 8 nitrogen and oxygen atoms in total. The van der Waals surface area contributed by atoms with E-state index in [1.54, 1.807) is 32.6 Å². The molecule has 3 N–H and O–H groups in total. The van der Waals surface area contributed by atoms with Crippen LogP contribution in [-0.4, -0.2) is 71.7 Å². The molecular formula is C19H23N7O. The fraction of sp³-hybridized carbons (Fsp3) is 0.316. The molecule has 2 aliphatic heterocycles. The second-order valence-corrected chi connectivity index (χ2v) is 6.69. The van der Waals surface area contributed by atoms with Crippen molar-refractivity contribution in [1.82, 2.24) is 14.8 Å². The minimum atomic E-state index is -0.304. The maximum Gasteiger partial charge on any atom is 0.254 e. The molecule has 1 unspecified atom stereocenters. The normalized spacial score (nSPS) is 22.8. The zero-order chi connectivity index (χ0) is 19.6. The van der Waals surface area contributed by atoms with Gasteiger partial charge in [0.2, 0.25) is 0 Å². The Morgan fingerprint density at radius 1 is 1.48 bits per heavy atom. The SMILES string of the molecule is C/C=C(\C=N/CC12C=N/C(=C(/C(=N)N)c3ccccn3)N1C2)C(=O)N(C)C. The largest absolute Gasteiger partial charge is 0.384 e. The van der Waals surface area contributed by atoms with Crippen LogP contribution >= 0.6 is 0 Å². The van der Waals surface area contributed by atoms with Gasteiger partial charge in [-0.15, -0.1) is 0 Å². The minimum Gasteiger partial charge on any atom is -0.384 e. The molecule has 0 radical (unpaired) electrons. The molecule has 1 aromatic rings. The van der Waals surface area contributed by atoms with E-state index in [1.165, 1.54) is 4.90 Å². The van der Waals surface area contributed by atoms with Crippen LogP contribution in [0.5, 0.6) is 0 Å². The molecule has 0 aliphatic carbocycles. The van der Waals surface area contributed by atoms with E-state index in [9.17, 15) is 4.79 Å². The summed E-state index contributed by atoms with van der Waals surface area (Å²) in [6.45, 7) is 3.04. The summed E-state index contributed by atoms with van der Waals surface area (Å²) in [5, 5.41) is 7.93. The molecule has 8 heteroatoms. The number of aliphatic imine (C=N–C) groups is 2. The lowest BCUT2D eigenvalue weighted by molar-refractivity contribution is -0.124. The van der Waals surface area contributed by atoms with Crippen molar-refractivity contribution in [2.75, 3.05) is 27.2 Å². The first-order chi connectivity index (χ1) is 12.9. The Bertz CT molecular complexity index is 883. The molecule has 1 aromatic heterocycles. The van der Waals surface area contributed by atoms with Crippen LogP contribution in [0.25, 0.3) is 5.57 Å². The molecule has 0 spiro atoms. The third kappa shape index (κ3) is 3.51. The highest BCUT2D eigenvalue weighted by molar-refractivity contribution is 6.21. The van der Waals surface area contributed by atoms with Crippen LogP contribution < -0.4 is 5.73 Å². The number of hydrogen-bond acceptors (Lipinski definition) is 6. The van der Waals surface area contributed by atoms with Gasteiger partial charge < -0.3 is 15.5 Å². The van der Waals surface area contributed by atoms with Crippen molar-refractivity contribution in [3.05, 3.63) is 47.6 Å². The predicted octanol–water partition coefficient (Wildman–Crippen LogP) is 0.930. The van der Waals surface area contributed by atoms with Gasteiger partial charge in [-0.05, 0) is 19.1 Å². The van der Waals surface area contributed by atoms with Crippen LogP contribution in [0.3, 0.4) is 0 Å². The molecule has 3 heterocycles. The monoisotopic (exact) mass is 365 g/mol. The first-order valence-electron chi connectivity index (χ1n) is 8.60. The van der Waals surface area contributed by atoms with Gasteiger partial charge in [0.25, 0.3) is 5.91 Å². The van der Waals surface area contributed by atoms with Gasteiger partial charge in [0, 0.05) is 32.7 Å². The van der Waals surface area contributed by atoms with Crippen molar-refractivity contribution in [2.45, 2.75) is 12.5 Å². The van der Waals surface area contributed by atoms with Crippen molar-refractivity contribution in [1.29, 1.82) is 5.41 Å². The van der Waals surface area contributed by atoms with E-state index in [0.717, 1.165) is 6.54 Å². The highest BCUT2D eigenvalue weighted by Gasteiger charge is 2.56. The summed E-state index contributed by atoms with van der Waals surface area (Å²) in [6.07, 6.45) is 6.86. The number of likely N-dealkylation sites (N-methyl/N-ethyl adjacent to an activating group) is 1. The van der Waals surface area contributed by atoms with E-state index in [0.29, 0.717) is 29.2 Å². The molecule has 1 saturated heterocycles. The Morgan fingerprint density at radius 2 is 2.26 bits per heavy atom. The standard InChI is InChI=1S/C19H23N7O/c1-4-13(18(27)25(2)3)9-22-10-19-11-24-17(26(19)12-19)15(16(20)21)14-7-5-6-8-23-14/h4-9,11H,10,12H2,1-3H3,(H3,20,21)/b13-4+,17-15-,22-9-. The number of nitrogens with two attached hydrogens (primary N) is 1. The predicted molar refractivity (Wildman–Crippen MR) is 107 cm³/mol. The van der Waals surface area contributed by atoms with E-state index < -0.39 is 0 Å². The number of rotatable bonds is 6. The molecule has 27 heavy (non-hydrogen) atoms. The first kappa shape index (κ1) is 18.5. The van der Waals surface area contributed by atoms with Crippen molar-refractivity contribution in [3.63, 3.8) is 0 Å². The Hall–Kier alpha value is -3.29. The lowest BCUT2D eigenvalue weighted by Gasteiger charge is -2.11. The Balaban J connectivity index is 1.78. The maximum atomic E-state index is 12.0. The van der Waals surface area contributed by atoms with E-state index in [2.05, 4.69) is 19.9 Å². The van der Waals surface area contributed by atoms with Gasteiger partial charge in [0.15, 0.2) is 0 Å². The topological polar surface area (TPSA) is 111 Å². The van der Waals surface area contributed by atoms with Crippen molar-refractivity contribution in [3.8, 4) is 0 Å². The number of nitrogens with one attached hydrogen (secondary N) is 1. The number of aromatic nitrogens is 1. The van der Waals surface area contributed by atoms with Crippen LogP contribution in [0.2, 0.25) is 0 Å². The highest BCUT2D eigenvalue weighted by Crippen LogP contribution is 2.43. The quantitative estimate of drug-likeness (QED) is 0.338. The molecule has 1 amide bonds. The number of hydrogen-bond donors (Lipinski definition) is 2. The number of amidine groups is 1. The van der Waals surface area contributed by atoms with Gasteiger partial charge in [-0.25, -0.2) is 4.99 Å². The molecule has 0 saturated carbocycles. The third-order valence-corrected chi connectivity index (χ3v) is 4.52. The number of pyridine rings is 1. The summed E-state index contributed by atoms with van der Waals surface area (Å²) < 4.78 is 0. The van der Waals surface area contributed by atoms with Crippen LogP contribution in [0.15, 0.2) is 51.9 Å². The Kier molecular flexibility index (Phi) is 4.89. The van der Waals surface area contributed by atoms with Crippen molar-refractivity contribution in [2.24, 2.45) is 15.7 Å². The zero-order valence-corrected chi connectivity index (χ0v) is 15.7. The number of fused-ring (bicyclic) bond motifs is 1. The smallest absolute Gasteiger partial charge is 0.254 e. The number of nitrogens with zero attached hydrogens (tertiary/aromatic N) is 5. The fourth-order valence-corrected chi connectivity index (χ4v) is 2.96. The summed E-state index contributed by atoms with van der Waals surface area (Å²) >= 11 is 0. The maximum absolute atomic E-state index is 12.0. The van der Waals surface area contributed by atoms with E-state index in [1.807, 2.05) is 31.3 Å². The molecule has 0 bridgehead atoms. The zero-order valence-electron chi connectivity index (χ0n) is 15.7. The number of carbonyl (C=O) groups is 1.